The van der Waals surface area contributed by atoms with Crippen LogP contribution in [0.2, 0.25) is 0 Å². The van der Waals surface area contributed by atoms with Crippen LogP contribution in [0.25, 0.3) is 0 Å². The molecule has 0 aromatic rings. The summed E-state index contributed by atoms with van der Waals surface area (Å²) in [5, 5.41) is 3.29. The molecule has 1 amide bonds. The van der Waals surface area contributed by atoms with Crippen LogP contribution in [0.5, 0.6) is 0 Å². The molecular weight excluding hydrogens is 188 g/mol. The van der Waals surface area contributed by atoms with Gasteiger partial charge in [0.1, 0.15) is 0 Å². The molecule has 3 fully saturated rings. The molecule has 1 aliphatic carbocycles. The van der Waals surface area contributed by atoms with E-state index in [2.05, 4.69) is 24.1 Å². The zero-order valence-corrected chi connectivity index (χ0v) is 9.62. The van der Waals surface area contributed by atoms with Crippen LogP contribution >= 0.6 is 0 Å². The fraction of sp³-hybridized carbons (Fsp3) is 0.917. The van der Waals surface area contributed by atoms with Gasteiger partial charge in [-0.3, -0.25) is 4.79 Å². The predicted octanol–water partition coefficient (Wildman–Crippen LogP) is 0.853. The van der Waals surface area contributed by atoms with Crippen molar-refractivity contribution in [3.05, 3.63) is 0 Å². The Hall–Kier alpha value is -0.570. The van der Waals surface area contributed by atoms with Crippen molar-refractivity contribution in [3.8, 4) is 0 Å². The minimum absolute atomic E-state index is 0.130. The molecule has 3 rings (SSSR count). The Morgan fingerprint density at radius 2 is 2.00 bits per heavy atom. The zero-order valence-electron chi connectivity index (χ0n) is 9.62. The second kappa shape index (κ2) is 2.97. The molecule has 2 heterocycles. The predicted molar refractivity (Wildman–Crippen MR) is 58.4 cm³/mol. The summed E-state index contributed by atoms with van der Waals surface area (Å²) in [6.07, 6.45) is 2.19. The normalized spacial score (nSPS) is 41.7. The summed E-state index contributed by atoms with van der Waals surface area (Å²) in [6, 6.07) is 0.130. The third-order valence-electron chi connectivity index (χ3n) is 4.79. The minimum atomic E-state index is 0.130. The van der Waals surface area contributed by atoms with Crippen LogP contribution in [0.4, 0.5) is 0 Å². The third kappa shape index (κ3) is 1.32. The number of carbonyl (C=O) groups excluding carboxylic acids is 1. The Balaban J connectivity index is 1.60. The molecule has 1 N–H and O–H groups in total. The molecule has 0 aromatic carbocycles. The van der Waals surface area contributed by atoms with Crippen LogP contribution < -0.4 is 5.32 Å². The van der Waals surface area contributed by atoms with Gasteiger partial charge in [0.05, 0.1) is 6.04 Å². The first kappa shape index (κ1) is 9.64. The average molecular weight is 208 g/mol. The molecule has 84 valence electrons. The van der Waals surface area contributed by atoms with E-state index in [-0.39, 0.29) is 6.04 Å². The lowest BCUT2D eigenvalue weighted by atomic mass is 10.1. The van der Waals surface area contributed by atoms with E-state index in [4.69, 9.17) is 0 Å². The Bertz CT molecular complexity index is 280. The van der Waals surface area contributed by atoms with Gasteiger partial charge in [-0.2, -0.15) is 0 Å². The summed E-state index contributed by atoms with van der Waals surface area (Å²) in [5.41, 5.74) is 0.514. The number of hydrogen-bond acceptors (Lipinski definition) is 2. The molecule has 3 unspecified atom stereocenters. The second-order valence-electron chi connectivity index (χ2n) is 5.93. The number of likely N-dealkylation sites (tertiary alicyclic amines) is 1. The van der Waals surface area contributed by atoms with Gasteiger partial charge >= 0.3 is 0 Å². The summed E-state index contributed by atoms with van der Waals surface area (Å²) in [6.45, 7) is 7.70. The lowest BCUT2D eigenvalue weighted by Crippen LogP contribution is -2.44. The number of carbonyl (C=O) groups is 1. The largest absolute Gasteiger partial charge is 0.341 e. The van der Waals surface area contributed by atoms with Crippen molar-refractivity contribution in [2.24, 2.45) is 17.3 Å². The van der Waals surface area contributed by atoms with Crippen molar-refractivity contribution in [1.29, 1.82) is 0 Å². The highest BCUT2D eigenvalue weighted by Crippen LogP contribution is 2.61. The number of piperidine rings is 1. The molecule has 1 saturated carbocycles. The molecule has 0 radical (unpaired) electrons. The lowest BCUT2D eigenvalue weighted by molar-refractivity contribution is -0.132. The molecule has 0 spiro atoms. The topological polar surface area (TPSA) is 32.3 Å². The van der Waals surface area contributed by atoms with Crippen molar-refractivity contribution >= 4 is 5.91 Å². The number of nitrogens with zero attached hydrogens (tertiary/aromatic N) is 1. The van der Waals surface area contributed by atoms with E-state index in [9.17, 15) is 4.79 Å². The summed E-state index contributed by atoms with van der Waals surface area (Å²) in [7, 11) is 0. The highest BCUT2D eigenvalue weighted by Gasteiger charge is 2.62. The molecular formula is C12H20N2O. The van der Waals surface area contributed by atoms with Crippen LogP contribution in [0.15, 0.2) is 0 Å². The zero-order chi connectivity index (χ0) is 10.6. The van der Waals surface area contributed by atoms with Gasteiger partial charge < -0.3 is 10.2 Å². The highest BCUT2D eigenvalue weighted by molar-refractivity contribution is 5.82. The second-order valence-corrected chi connectivity index (χ2v) is 5.93. The van der Waals surface area contributed by atoms with Crippen molar-refractivity contribution in [2.75, 3.05) is 19.6 Å². The van der Waals surface area contributed by atoms with E-state index in [0.29, 0.717) is 11.3 Å². The first-order valence-corrected chi connectivity index (χ1v) is 6.13. The van der Waals surface area contributed by atoms with Crippen molar-refractivity contribution in [2.45, 2.75) is 32.7 Å². The molecule has 15 heavy (non-hydrogen) atoms. The Labute approximate surface area is 91.2 Å². The molecule has 3 heteroatoms. The molecule has 3 aliphatic rings. The van der Waals surface area contributed by atoms with Crippen molar-refractivity contribution in [3.63, 3.8) is 0 Å². The maximum atomic E-state index is 12.1. The van der Waals surface area contributed by atoms with Crippen LogP contribution in [-0.2, 0) is 4.79 Å². The summed E-state index contributed by atoms with van der Waals surface area (Å²) < 4.78 is 0. The van der Waals surface area contributed by atoms with Gasteiger partial charge in [0.25, 0.3) is 0 Å². The van der Waals surface area contributed by atoms with E-state index in [0.717, 1.165) is 44.3 Å². The van der Waals surface area contributed by atoms with Gasteiger partial charge in [-0.25, -0.2) is 0 Å². The summed E-state index contributed by atoms with van der Waals surface area (Å²) in [5.74, 6) is 1.92. The third-order valence-corrected chi connectivity index (χ3v) is 4.79. The fourth-order valence-corrected chi connectivity index (χ4v) is 3.43. The number of amides is 1. The van der Waals surface area contributed by atoms with Crippen LogP contribution in [-0.4, -0.2) is 36.5 Å². The van der Waals surface area contributed by atoms with Crippen molar-refractivity contribution in [1.82, 2.24) is 10.2 Å². The average Bonchev–Trinajstić information content (AvgIpc) is 2.79. The molecule has 3 atom stereocenters. The summed E-state index contributed by atoms with van der Waals surface area (Å²) in [4.78, 5) is 14.2. The minimum Gasteiger partial charge on any atom is -0.341 e. The first-order valence-electron chi connectivity index (χ1n) is 6.13. The quantitative estimate of drug-likeness (QED) is 0.693. The van der Waals surface area contributed by atoms with Gasteiger partial charge in [0.2, 0.25) is 5.91 Å². The molecule has 0 aromatic heterocycles. The van der Waals surface area contributed by atoms with E-state index >= 15 is 0 Å². The monoisotopic (exact) mass is 208 g/mol. The molecule has 2 saturated heterocycles. The van der Waals surface area contributed by atoms with Gasteiger partial charge in [0.15, 0.2) is 0 Å². The number of hydrogen-bond donors (Lipinski definition) is 1. The van der Waals surface area contributed by atoms with E-state index in [1.807, 2.05) is 0 Å². The number of rotatable bonds is 1. The van der Waals surface area contributed by atoms with Crippen molar-refractivity contribution < 1.29 is 4.79 Å². The standard InChI is InChI=1S/C12H20N2O/c1-12(2)8-6-14(7-9(8)12)11(15)10-4-3-5-13-10/h8-10,13H,3-7H2,1-2H3. The summed E-state index contributed by atoms with van der Waals surface area (Å²) >= 11 is 0. The van der Waals surface area contributed by atoms with E-state index in [1.165, 1.54) is 0 Å². The smallest absolute Gasteiger partial charge is 0.239 e. The van der Waals surface area contributed by atoms with Gasteiger partial charge in [-0.1, -0.05) is 13.8 Å². The van der Waals surface area contributed by atoms with Crippen LogP contribution in [0.1, 0.15) is 26.7 Å². The van der Waals surface area contributed by atoms with Gasteiger partial charge in [0, 0.05) is 13.1 Å². The Morgan fingerprint density at radius 1 is 1.33 bits per heavy atom. The lowest BCUT2D eigenvalue weighted by Gasteiger charge is -2.25. The maximum absolute atomic E-state index is 12.1. The van der Waals surface area contributed by atoms with Gasteiger partial charge in [-0.15, -0.1) is 0 Å². The Kier molecular flexibility index (Phi) is 1.91. The Morgan fingerprint density at radius 3 is 2.53 bits per heavy atom. The van der Waals surface area contributed by atoms with Crippen LogP contribution in [0.3, 0.4) is 0 Å². The van der Waals surface area contributed by atoms with E-state index in [1.54, 1.807) is 0 Å². The first-order chi connectivity index (χ1) is 7.10. The maximum Gasteiger partial charge on any atom is 0.239 e. The number of nitrogens with one attached hydrogen (secondary N) is 1. The molecule has 0 bridgehead atoms. The SMILES string of the molecule is CC1(C)C2CN(C(=O)C3CCCN3)CC21. The number of fused-ring (bicyclic) bond motifs is 1. The molecule has 2 aliphatic heterocycles. The highest BCUT2D eigenvalue weighted by atomic mass is 16.2. The van der Waals surface area contributed by atoms with Gasteiger partial charge in [-0.05, 0) is 36.6 Å². The van der Waals surface area contributed by atoms with E-state index < -0.39 is 0 Å². The fourth-order valence-electron chi connectivity index (χ4n) is 3.43. The molecule has 3 nitrogen and oxygen atoms in total. The van der Waals surface area contributed by atoms with Crippen LogP contribution in [0, 0.1) is 17.3 Å².